The van der Waals surface area contributed by atoms with Crippen LogP contribution in [0.15, 0.2) is 121 Å². The number of carbonyl (C=O) groups excluding carboxylic acids is 1. The van der Waals surface area contributed by atoms with Crippen LogP contribution in [0.5, 0.6) is 11.5 Å². The van der Waals surface area contributed by atoms with Crippen LogP contribution in [0.4, 0.5) is 5.69 Å². The van der Waals surface area contributed by atoms with E-state index in [0.717, 1.165) is 39.2 Å². The average molecular weight is 650 g/mol. The van der Waals surface area contributed by atoms with Crippen molar-refractivity contribution in [3.8, 4) is 11.5 Å². The van der Waals surface area contributed by atoms with E-state index in [2.05, 4.69) is 15.8 Å². The molecule has 9 nitrogen and oxygen atoms in total. The fourth-order valence-corrected chi connectivity index (χ4v) is 5.99. The third-order valence-corrected chi connectivity index (χ3v) is 8.31. The number of hydrogen-bond donors (Lipinski definition) is 3. The van der Waals surface area contributed by atoms with Crippen LogP contribution in [0.2, 0.25) is 0 Å². The Morgan fingerprint density at radius 1 is 0.809 bits per heavy atom. The van der Waals surface area contributed by atoms with Crippen LogP contribution < -0.4 is 14.2 Å². The summed E-state index contributed by atoms with van der Waals surface area (Å²) in [6.45, 7) is 0.181. The number of rotatable bonds is 13. The van der Waals surface area contributed by atoms with Crippen molar-refractivity contribution < 1.29 is 27.8 Å². The van der Waals surface area contributed by atoms with Gasteiger partial charge in [0, 0.05) is 28.9 Å². The van der Waals surface area contributed by atoms with Crippen LogP contribution in [0, 0.1) is 0 Å². The summed E-state index contributed by atoms with van der Waals surface area (Å²) < 4.78 is 38.7. The lowest BCUT2D eigenvalue weighted by Crippen LogP contribution is -2.37. The predicted octanol–water partition coefficient (Wildman–Crippen LogP) is 6.41. The van der Waals surface area contributed by atoms with Gasteiger partial charge in [-0.1, -0.05) is 84.9 Å². The average Bonchev–Trinajstić information content (AvgIpc) is 3.44. The highest BCUT2D eigenvalue weighted by Crippen LogP contribution is 2.31. The van der Waals surface area contributed by atoms with Gasteiger partial charge in [0.1, 0.15) is 18.1 Å². The van der Waals surface area contributed by atoms with Gasteiger partial charge < -0.3 is 24.5 Å². The smallest absolute Gasteiger partial charge is 0.260 e. The summed E-state index contributed by atoms with van der Waals surface area (Å²) in [5.41, 5.74) is 4.33. The van der Waals surface area contributed by atoms with Gasteiger partial charge in [-0.2, -0.15) is 0 Å². The fourth-order valence-electron chi connectivity index (χ4n) is 5.43. The van der Waals surface area contributed by atoms with Crippen molar-refractivity contribution in [2.24, 2.45) is 0 Å². The molecule has 47 heavy (non-hydrogen) atoms. The molecule has 0 saturated heterocycles. The van der Waals surface area contributed by atoms with E-state index < -0.39 is 16.1 Å². The second kappa shape index (κ2) is 14.0. The van der Waals surface area contributed by atoms with Crippen molar-refractivity contribution in [3.05, 3.63) is 138 Å². The highest BCUT2D eigenvalue weighted by atomic mass is 32.2. The first-order valence-electron chi connectivity index (χ1n) is 15.1. The Bertz CT molecular complexity index is 2100. The molecule has 0 aliphatic heterocycles. The van der Waals surface area contributed by atoms with Crippen molar-refractivity contribution in [2.75, 3.05) is 24.1 Å². The standard InChI is InChI=1S/C37H35N3O6S/c1-47(43,44)39-34-20-28(16-19-36(34)46-24-27-12-6-3-7-13-27)35(41)23-40(22-26-10-4-2-5-11-26)37(42)25-45-29-17-18-31-30-14-8-9-15-32(30)38-33(31)21-29/h2-21,35,38-39,41H,22-25H2,1H3. The summed E-state index contributed by atoms with van der Waals surface area (Å²) in [6.07, 6.45) is -0.0820. The first kappa shape index (κ1) is 31.7. The topological polar surface area (TPSA) is 121 Å². The first-order chi connectivity index (χ1) is 22.7. The zero-order valence-electron chi connectivity index (χ0n) is 25.8. The molecule has 0 fully saturated rings. The van der Waals surface area contributed by atoms with E-state index in [-0.39, 0.29) is 37.9 Å². The molecule has 6 aromatic rings. The van der Waals surface area contributed by atoms with Crippen LogP contribution >= 0.6 is 0 Å². The maximum atomic E-state index is 13.6. The summed E-state index contributed by atoms with van der Waals surface area (Å²) in [5, 5.41) is 13.5. The second-order valence-electron chi connectivity index (χ2n) is 11.3. The molecule has 0 bridgehead atoms. The number of sulfonamides is 1. The number of aromatic amines is 1. The number of aromatic nitrogens is 1. The summed E-state index contributed by atoms with van der Waals surface area (Å²) in [7, 11) is -3.65. The Hall–Kier alpha value is -5.32. The van der Waals surface area contributed by atoms with E-state index in [1.165, 1.54) is 11.0 Å². The highest BCUT2D eigenvalue weighted by molar-refractivity contribution is 7.92. The van der Waals surface area contributed by atoms with Crippen molar-refractivity contribution in [2.45, 2.75) is 19.3 Å². The predicted molar refractivity (Wildman–Crippen MR) is 184 cm³/mol. The molecular formula is C37H35N3O6S. The maximum Gasteiger partial charge on any atom is 0.260 e. The normalized spacial score (nSPS) is 12.1. The van der Waals surface area contributed by atoms with Crippen molar-refractivity contribution >= 4 is 43.4 Å². The van der Waals surface area contributed by atoms with Crippen molar-refractivity contribution in [3.63, 3.8) is 0 Å². The monoisotopic (exact) mass is 649 g/mol. The molecular weight excluding hydrogens is 614 g/mol. The minimum Gasteiger partial charge on any atom is -0.487 e. The largest absolute Gasteiger partial charge is 0.487 e. The number of ether oxygens (including phenoxy) is 2. The highest BCUT2D eigenvalue weighted by Gasteiger charge is 2.22. The number of nitrogens with zero attached hydrogens (tertiary/aromatic N) is 1. The molecule has 1 atom stereocenters. The van der Waals surface area contributed by atoms with Crippen LogP contribution in [-0.2, 0) is 28.0 Å². The van der Waals surface area contributed by atoms with E-state index in [4.69, 9.17) is 9.47 Å². The summed E-state index contributed by atoms with van der Waals surface area (Å²) in [6, 6.07) is 37.5. The number of H-pyrrole nitrogens is 1. The summed E-state index contributed by atoms with van der Waals surface area (Å²) in [4.78, 5) is 18.5. The van der Waals surface area contributed by atoms with Gasteiger partial charge in [-0.15, -0.1) is 0 Å². The Morgan fingerprint density at radius 2 is 1.49 bits per heavy atom. The van der Waals surface area contributed by atoms with E-state index in [9.17, 15) is 18.3 Å². The third-order valence-electron chi connectivity index (χ3n) is 7.72. The molecule has 0 saturated carbocycles. The van der Waals surface area contributed by atoms with Gasteiger partial charge in [-0.25, -0.2) is 8.42 Å². The molecule has 240 valence electrons. The molecule has 0 aliphatic carbocycles. The molecule has 0 spiro atoms. The van der Waals surface area contributed by atoms with E-state index in [1.807, 2.05) is 97.1 Å². The maximum absolute atomic E-state index is 13.6. The number of fused-ring (bicyclic) bond motifs is 3. The molecule has 10 heteroatoms. The molecule has 6 rings (SSSR count). The lowest BCUT2D eigenvalue weighted by atomic mass is 10.1. The van der Waals surface area contributed by atoms with Crippen LogP contribution in [0.1, 0.15) is 22.8 Å². The van der Waals surface area contributed by atoms with Gasteiger partial charge in [0.05, 0.1) is 30.1 Å². The minimum absolute atomic E-state index is 0.0549. The van der Waals surface area contributed by atoms with Crippen molar-refractivity contribution in [1.29, 1.82) is 0 Å². The van der Waals surface area contributed by atoms with E-state index in [0.29, 0.717) is 17.1 Å². The number of benzene rings is 5. The number of hydrogen-bond acceptors (Lipinski definition) is 6. The number of nitrogens with one attached hydrogen (secondary N) is 2. The van der Waals surface area contributed by atoms with Crippen LogP contribution in [0.3, 0.4) is 0 Å². The van der Waals surface area contributed by atoms with Gasteiger partial charge in [-0.05, 0) is 47.0 Å². The molecule has 1 aromatic heterocycles. The Kier molecular flexibility index (Phi) is 9.42. The van der Waals surface area contributed by atoms with E-state index in [1.54, 1.807) is 12.1 Å². The number of anilines is 1. The number of aliphatic hydroxyl groups excluding tert-OH is 1. The van der Waals surface area contributed by atoms with Crippen molar-refractivity contribution in [1.82, 2.24) is 9.88 Å². The van der Waals surface area contributed by atoms with Crippen LogP contribution in [0.25, 0.3) is 21.8 Å². The Labute approximate surface area is 273 Å². The lowest BCUT2D eigenvalue weighted by molar-refractivity contribution is -0.135. The lowest BCUT2D eigenvalue weighted by Gasteiger charge is -2.26. The number of aliphatic hydroxyl groups is 1. The van der Waals surface area contributed by atoms with Gasteiger partial charge in [0.15, 0.2) is 6.61 Å². The van der Waals surface area contributed by atoms with E-state index >= 15 is 0 Å². The van der Waals surface area contributed by atoms with Gasteiger partial charge in [-0.3, -0.25) is 9.52 Å². The number of amides is 1. The molecule has 0 aliphatic rings. The quantitative estimate of drug-likeness (QED) is 0.133. The summed E-state index contributed by atoms with van der Waals surface area (Å²) in [5.74, 6) is 0.537. The zero-order valence-corrected chi connectivity index (χ0v) is 26.6. The minimum atomic E-state index is -3.65. The molecule has 3 N–H and O–H groups in total. The first-order valence-corrected chi connectivity index (χ1v) is 17.0. The van der Waals surface area contributed by atoms with Gasteiger partial charge in [0.2, 0.25) is 10.0 Å². The Balaban J connectivity index is 1.19. The van der Waals surface area contributed by atoms with Gasteiger partial charge >= 0.3 is 0 Å². The molecule has 1 heterocycles. The number of para-hydroxylation sites is 1. The molecule has 0 radical (unpaired) electrons. The Morgan fingerprint density at radius 3 is 2.23 bits per heavy atom. The third kappa shape index (κ3) is 8.10. The molecule has 5 aromatic carbocycles. The summed E-state index contributed by atoms with van der Waals surface area (Å²) >= 11 is 0. The molecule has 1 amide bonds. The SMILES string of the molecule is CS(=O)(=O)Nc1cc(C(O)CN(Cc2ccccc2)C(=O)COc2ccc3c(c2)[nH]c2ccccc23)ccc1OCc1ccccc1. The fraction of sp³-hybridized carbons (Fsp3) is 0.162. The van der Waals surface area contributed by atoms with Gasteiger partial charge in [0.25, 0.3) is 5.91 Å². The molecule has 1 unspecified atom stereocenters. The number of carbonyl (C=O) groups is 1. The van der Waals surface area contributed by atoms with Crippen LogP contribution in [-0.4, -0.2) is 48.7 Å². The zero-order chi connectivity index (χ0) is 32.8. The second-order valence-corrected chi connectivity index (χ2v) is 13.1.